The summed E-state index contributed by atoms with van der Waals surface area (Å²) in [5.74, 6) is -0.267. The summed E-state index contributed by atoms with van der Waals surface area (Å²) in [6.45, 7) is 0.777. The summed E-state index contributed by atoms with van der Waals surface area (Å²) in [6, 6.07) is 8.63. The first-order valence-corrected chi connectivity index (χ1v) is 7.48. The van der Waals surface area contributed by atoms with Gasteiger partial charge in [0.05, 0.1) is 0 Å². The minimum atomic E-state index is -3.65. The Kier molecular flexibility index (Phi) is 4.18. The predicted molar refractivity (Wildman–Crippen MR) is 71.4 cm³/mol. The number of rotatable bonds is 5. The van der Waals surface area contributed by atoms with E-state index in [0.717, 1.165) is 5.56 Å². The van der Waals surface area contributed by atoms with E-state index in [2.05, 4.69) is 10.0 Å². The van der Waals surface area contributed by atoms with Crippen molar-refractivity contribution in [3.8, 4) is 0 Å². The highest BCUT2D eigenvalue weighted by Gasteiger charge is 2.30. The fraction of sp³-hybridized carbons (Fsp3) is 0.417. The molecule has 6 nitrogen and oxygen atoms in total. The topological polar surface area (TPSA) is 78.5 Å². The summed E-state index contributed by atoms with van der Waals surface area (Å²) in [6.07, 6.45) is 0.483. The molecule has 1 atom stereocenters. The normalized spacial score (nSPS) is 19.7. The molecule has 0 aromatic heterocycles. The zero-order valence-electron chi connectivity index (χ0n) is 10.7. The lowest BCUT2D eigenvalue weighted by molar-refractivity contribution is -0.120. The number of hydrogen-bond donors (Lipinski definition) is 2. The van der Waals surface area contributed by atoms with Crippen LogP contribution in [-0.4, -0.2) is 38.3 Å². The van der Waals surface area contributed by atoms with Crippen molar-refractivity contribution >= 4 is 16.1 Å². The average Bonchev–Trinajstić information content (AvgIpc) is 2.75. The van der Waals surface area contributed by atoms with Gasteiger partial charge in [-0.1, -0.05) is 30.3 Å². The standard InChI is InChI=1S/C12H17N3O3S/c1-15(9-10-5-3-2-4-6-10)19(17,18)14-11-7-8-13-12(11)16/h2-6,11,14H,7-9H2,1H3,(H,13,16)/t11-/m1/s1. The van der Waals surface area contributed by atoms with E-state index in [-0.39, 0.29) is 12.5 Å². The fourth-order valence-corrected chi connectivity index (χ4v) is 2.99. The average molecular weight is 283 g/mol. The van der Waals surface area contributed by atoms with Gasteiger partial charge in [-0.3, -0.25) is 4.79 Å². The molecule has 1 saturated heterocycles. The molecular weight excluding hydrogens is 266 g/mol. The number of hydrogen-bond acceptors (Lipinski definition) is 3. The van der Waals surface area contributed by atoms with Crippen molar-refractivity contribution in [3.63, 3.8) is 0 Å². The summed E-state index contributed by atoms with van der Waals surface area (Å²) < 4.78 is 27.8. The SMILES string of the molecule is CN(Cc1ccccc1)S(=O)(=O)N[C@@H]1CCNC1=O. The van der Waals surface area contributed by atoms with Crippen LogP contribution in [0.2, 0.25) is 0 Å². The Labute approximate surface area is 113 Å². The van der Waals surface area contributed by atoms with Crippen LogP contribution in [0.4, 0.5) is 0 Å². The van der Waals surface area contributed by atoms with E-state index >= 15 is 0 Å². The summed E-state index contributed by atoms with van der Waals surface area (Å²) in [5.41, 5.74) is 0.895. The van der Waals surface area contributed by atoms with E-state index in [0.29, 0.717) is 13.0 Å². The maximum atomic E-state index is 12.1. The molecule has 7 heteroatoms. The highest BCUT2D eigenvalue weighted by molar-refractivity contribution is 7.87. The predicted octanol–water partition coefficient (Wildman–Crippen LogP) is -0.159. The molecule has 0 saturated carbocycles. The van der Waals surface area contributed by atoms with Crippen molar-refractivity contribution < 1.29 is 13.2 Å². The fourth-order valence-electron chi connectivity index (χ4n) is 1.90. The van der Waals surface area contributed by atoms with Gasteiger partial charge in [-0.15, -0.1) is 0 Å². The quantitative estimate of drug-likeness (QED) is 0.788. The Bertz CT molecular complexity index is 545. The van der Waals surface area contributed by atoms with Gasteiger partial charge < -0.3 is 5.32 Å². The molecule has 0 aliphatic carbocycles. The third-order valence-electron chi connectivity index (χ3n) is 3.00. The van der Waals surface area contributed by atoms with E-state index in [4.69, 9.17) is 0 Å². The van der Waals surface area contributed by atoms with Gasteiger partial charge in [0.2, 0.25) is 5.91 Å². The van der Waals surface area contributed by atoms with Gasteiger partial charge in [0, 0.05) is 20.1 Å². The molecule has 1 fully saturated rings. The molecule has 2 N–H and O–H groups in total. The van der Waals surface area contributed by atoms with Crippen molar-refractivity contribution in [1.29, 1.82) is 0 Å². The molecule has 1 aliphatic heterocycles. The van der Waals surface area contributed by atoms with Crippen LogP contribution in [0.25, 0.3) is 0 Å². The second-order valence-corrected chi connectivity index (χ2v) is 6.31. The molecular formula is C12H17N3O3S. The molecule has 1 aromatic rings. The van der Waals surface area contributed by atoms with Crippen LogP contribution in [0.3, 0.4) is 0 Å². The van der Waals surface area contributed by atoms with Crippen molar-refractivity contribution in [3.05, 3.63) is 35.9 Å². The summed E-state index contributed by atoms with van der Waals surface area (Å²) in [4.78, 5) is 11.4. The van der Waals surface area contributed by atoms with Crippen molar-refractivity contribution in [2.24, 2.45) is 0 Å². The molecule has 0 unspecified atom stereocenters. The van der Waals surface area contributed by atoms with Gasteiger partial charge in [-0.2, -0.15) is 17.4 Å². The van der Waals surface area contributed by atoms with Gasteiger partial charge in [-0.05, 0) is 12.0 Å². The summed E-state index contributed by atoms with van der Waals surface area (Å²) >= 11 is 0. The van der Waals surface area contributed by atoms with Crippen LogP contribution < -0.4 is 10.0 Å². The van der Waals surface area contributed by atoms with Gasteiger partial charge >= 0.3 is 0 Å². The minimum Gasteiger partial charge on any atom is -0.355 e. The number of carbonyl (C=O) groups is 1. The molecule has 1 heterocycles. The molecule has 1 aliphatic rings. The number of amides is 1. The Morgan fingerprint density at radius 1 is 1.37 bits per heavy atom. The van der Waals surface area contributed by atoms with Gasteiger partial charge in [0.15, 0.2) is 0 Å². The number of nitrogens with one attached hydrogen (secondary N) is 2. The largest absolute Gasteiger partial charge is 0.355 e. The van der Waals surface area contributed by atoms with Crippen LogP contribution >= 0.6 is 0 Å². The van der Waals surface area contributed by atoms with Crippen LogP contribution in [0.1, 0.15) is 12.0 Å². The lowest BCUT2D eigenvalue weighted by Gasteiger charge is -2.19. The van der Waals surface area contributed by atoms with Gasteiger partial charge in [0.25, 0.3) is 10.2 Å². The van der Waals surface area contributed by atoms with Crippen LogP contribution in [-0.2, 0) is 21.5 Å². The molecule has 0 radical (unpaired) electrons. The van der Waals surface area contributed by atoms with Gasteiger partial charge in [-0.25, -0.2) is 0 Å². The minimum absolute atomic E-state index is 0.267. The van der Waals surface area contributed by atoms with Crippen LogP contribution in [0.5, 0.6) is 0 Å². The highest BCUT2D eigenvalue weighted by Crippen LogP contribution is 2.08. The van der Waals surface area contributed by atoms with Crippen LogP contribution in [0, 0.1) is 0 Å². The summed E-state index contributed by atoms with van der Waals surface area (Å²) in [5, 5.41) is 2.60. The third kappa shape index (κ3) is 3.52. The molecule has 0 spiro atoms. The number of nitrogens with zero attached hydrogens (tertiary/aromatic N) is 1. The zero-order chi connectivity index (χ0) is 13.9. The first-order valence-electron chi connectivity index (χ1n) is 6.04. The second kappa shape index (κ2) is 5.68. The smallest absolute Gasteiger partial charge is 0.280 e. The lowest BCUT2D eigenvalue weighted by atomic mass is 10.2. The monoisotopic (exact) mass is 283 g/mol. The molecule has 1 amide bonds. The highest BCUT2D eigenvalue weighted by atomic mass is 32.2. The first-order chi connectivity index (χ1) is 8.99. The van der Waals surface area contributed by atoms with E-state index in [1.165, 1.54) is 11.4 Å². The molecule has 2 rings (SSSR count). The molecule has 104 valence electrons. The van der Waals surface area contributed by atoms with Crippen molar-refractivity contribution in [2.75, 3.05) is 13.6 Å². The first kappa shape index (κ1) is 14.0. The zero-order valence-corrected chi connectivity index (χ0v) is 11.5. The van der Waals surface area contributed by atoms with E-state index in [1.54, 1.807) is 0 Å². The Morgan fingerprint density at radius 3 is 2.63 bits per heavy atom. The Balaban J connectivity index is 2.01. The van der Waals surface area contributed by atoms with E-state index < -0.39 is 16.3 Å². The maximum absolute atomic E-state index is 12.1. The number of benzene rings is 1. The Hall–Kier alpha value is -1.44. The second-order valence-electron chi connectivity index (χ2n) is 4.50. The van der Waals surface area contributed by atoms with Crippen molar-refractivity contribution in [1.82, 2.24) is 14.3 Å². The molecule has 19 heavy (non-hydrogen) atoms. The number of carbonyl (C=O) groups excluding carboxylic acids is 1. The summed E-state index contributed by atoms with van der Waals surface area (Å²) in [7, 11) is -2.16. The van der Waals surface area contributed by atoms with E-state index in [1.807, 2.05) is 30.3 Å². The Morgan fingerprint density at radius 2 is 2.05 bits per heavy atom. The van der Waals surface area contributed by atoms with Gasteiger partial charge in [0.1, 0.15) is 6.04 Å². The van der Waals surface area contributed by atoms with E-state index in [9.17, 15) is 13.2 Å². The van der Waals surface area contributed by atoms with Crippen LogP contribution in [0.15, 0.2) is 30.3 Å². The van der Waals surface area contributed by atoms with Crippen molar-refractivity contribution in [2.45, 2.75) is 19.0 Å². The lowest BCUT2D eigenvalue weighted by Crippen LogP contribution is -2.46. The third-order valence-corrected chi connectivity index (χ3v) is 4.53. The maximum Gasteiger partial charge on any atom is 0.280 e. The molecule has 0 bridgehead atoms. The molecule has 1 aromatic carbocycles.